The second-order valence-electron chi connectivity index (χ2n) is 4.34. The first kappa shape index (κ1) is 13.9. The van der Waals surface area contributed by atoms with E-state index in [4.69, 9.17) is 4.74 Å². The highest BCUT2D eigenvalue weighted by atomic mass is 79.9. The van der Waals surface area contributed by atoms with Gasteiger partial charge in [-0.3, -0.25) is 9.59 Å². The van der Waals surface area contributed by atoms with Crippen molar-refractivity contribution in [1.29, 1.82) is 0 Å². The Kier molecular flexibility index (Phi) is 4.09. The van der Waals surface area contributed by atoms with Gasteiger partial charge >= 0.3 is 5.97 Å². The number of ether oxygens (including phenoxy) is 1. The molecule has 1 N–H and O–H groups in total. The predicted octanol–water partition coefficient (Wildman–Crippen LogP) is 2.02. The zero-order valence-corrected chi connectivity index (χ0v) is 12.4. The third kappa shape index (κ3) is 2.73. The topological polar surface area (TPSA) is 58.6 Å². The molecule has 1 amide bonds. The fourth-order valence-electron chi connectivity index (χ4n) is 2.21. The molecule has 1 heterocycles. The quantitative estimate of drug-likeness (QED) is 0.863. The van der Waals surface area contributed by atoms with Crippen LogP contribution in [0.2, 0.25) is 0 Å². The highest BCUT2D eigenvalue weighted by Crippen LogP contribution is 2.33. The van der Waals surface area contributed by atoms with Crippen LogP contribution in [-0.2, 0) is 14.3 Å². The van der Waals surface area contributed by atoms with Crippen molar-refractivity contribution >= 4 is 39.2 Å². The van der Waals surface area contributed by atoms with Gasteiger partial charge in [0, 0.05) is 24.5 Å². The average molecular weight is 327 g/mol. The summed E-state index contributed by atoms with van der Waals surface area (Å²) < 4.78 is 5.63. The van der Waals surface area contributed by atoms with Crippen LogP contribution >= 0.6 is 15.9 Å². The Morgan fingerprint density at radius 3 is 2.89 bits per heavy atom. The maximum atomic E-state index is 12.0. The average Bonchev–Trinajstić information content (AvgIpc) is 2.79. The third-order valence-corrected chi connectivity index (χ3v) is 3.67. The van der Waals surface area contributed by atoms with Crippen LogP contribution in [0, 0.1) is 5.92 Å². The van der Waals surface area contributed by atoms with Crippen molar-refractivity contribution in [2.75, 3.05) is 30.9 Å². The number of methoxy groups -OCH3 is 1. The number of amides is 1. The van der Waals surface area contributed by atoms with Gasteiger partial charge in [0.1, 0.15) is 0 Å². The summed E-state index contributed by atoms with van der Waals surface area (Å²) >= 11 is 3.39. The van der Waals surface area contributed by atoms with Crippen molar-refractivity contribution in [2.24, 2.45) is 5.92 Å². The van der Waals surface area contributed by atoms with Crippen molar-refractivity contribution in [3.05, 3.63) is 22.7 Å². The number of esters is 1. The third-order valence-electron chi connectivity index (χ3n) is 3.18. The van der Waals surface area contributed by atoms with Crippen LogP contribution in [0.1, 0.15) is 6.42 Å². The molecule has 1 unspecified atom stereocenters. The zero-order chi connectivity index (χ0) is 14.0. The van der Waals surface area contributed by atoms with Gasteiger partial charge in [-0.15, -0.1) is 0 Å². The van der Waals surface area contributed by atoms with Gasteiger partial charge in [-0.2, -0.15) is 0 Å². The van der Waals surface area contributed by atoms with Crippen LogP contribution in [-0.4, -0.2) is 32.6 Å². The lowest BCUT2D eigenvalue weighted by molar-refractivity contribution is -0.145. The first-order valence-electron chi connectivity index (χ1n) is 5.92. The molecule has 1 saturated heterocycles. The number of nitrogens with one attached hydrogen (secondary N) is 1. The minimum absolute atomic E-state index is 0.0609. The van der Waals surface area contributed by atoms with E-state index in [0.29, 0.717) is 6.54 Å². The second kappa shape index (κ2) is 5.61. The van der Waals surface area contributed by atoms with Gasteiger partial charge in [-0.1, -0.05) is 15.9 Å². The summed E-state index contributed by atoms with van der Waals surface area (Å²) in [5.41, 5.74) is 1.62. The molecule has 1 aromatic carbocycles. The van der Waals surface area contributed by atoms with E-state index in [2.05, 4.69) is 21.2 Å². The molecule has 0 aromatic heterocycles. The number of benzene rings is 1. The summed E-state index contributed by atoms with van der Waals surface area (Å²) in [4.78, 5) is 25.2. The Morgan fingerprint density at radius 2 is 2.26 bits per heavy atom. The van der Waals surface area contributed by atoms with E-state index in [9.17, 15) is 9.59 Å². The molecule has 1 aliphatic rings. The van der Waals surface area contributed by atoms with Gasteiger partial charge in [-0.05, 0) is 18.2 Å². The molecule has 0 saturated carbocycles. The SMILES string of the molecule is CNc1cc(Br)ccc1N1CC(C(=O)OC)CC1=O. The number of rotatable bonds is 3. The minimum atomic E-state index is -0.383. The van der Waals surface area contributed by atoms with Crippen molar-refractivity contribution < 1.29 is 14.3 Å². The monoisotopic (exact) mass is 326 g/mol. The molecule has 19 heavy (non-hydrogen) atoms. The van der Waals surface area contributed by atoms with Crippen LogP contribution in [0.15, 0.2) is 22.7 Å². The van der Waals surface area contributed by atoms with E-state index in [1.807, 2.05) is 18.2 Å². The summed E-state index contributed by atoms with van der Waals surface area (Å²) in [5, 5.41) is 3.05. The van der Waals surface area contributed by atoms with Gasteiger partial charge in [0.15, 0.2) is 0 Å². The van der Waals surface area contributed by atoms with Crippen LogP contribution in [0.4, 0.5) is 11.4 Å². The number of hydrogen-bond donors (Lipinski definition) is 1. The Balaban J connectivity index is 2.28. The highest BCUT2D eigenvalue weighted by Gasteiger charge is 2.36. The van der Waals surface area contributed by atoms with E-state index in [-0.39, 0.29) is 24.2 Å². The Morgan fingerprint density at radius 1 is 1.53 bits per heavy atom. The molecule has 1 aromatic rings. The Bertz CT molecular complexity index is 519. The molecule has 1 atom stereocenters. The lowest BCUT2D eigenvalue weighted by Crippen LogP contribution is -2.26. The zero-order valence-electron chi connectivity index (χ0n) is 10.8. The highest BCUT2D eigenvalue weighted by molar-refractivity contribution is 9.10. The van der Waals surface area contributed by atoms with E-state index < -0.39 is 0 Å². The number of carbonyl (C=O) groups is 2. The summed E-state index contributed by atoms with van der Waals surface area (Å²) in [6.07, 6.45) is 0.200. The Labute approximate surface area is 120 Å². The molecule has 2 rings (SSSR count). The van der Waals surface area contributed by atoms with Gasteiger partial charge in [0.25, 0.3) is 0 Å². The van der Waals surface area contributed by atoms with Gasteiger partial charge < -0.3 is 15.0 Å². The molecule has 5 nitrogen and oxygen atoms in total. The molecule has 0 bridgehead atoms. The predicted molar refractivity (Wildman–Crippen MR) is 76.2 cm³/mol. The molecule has 6 heteroatoms. The molecule has 0 radical (unpaired) electrons. The van der Waals surface area contributed by atoms with Crippen LogP contribution in [0.25, 0.3) is 0 Å². The van der Waals surface area contributed by atoms with Crippen molar-refractivity contribution in [3.8, 4) is 0 Å². The largest absolute Gasteiger partial charge is 0.469 e. The van der Waals surface area contributed by atoms with Crippen LogP contribution in [0.5, 0.6) is 0 Å². The summed E-state index contributed by atoms with van der Waals surface area (Å²) in [6, 6.07) is 5.62. The number of anilines is 2. The van der Waals surface area contributed by atoms with Crippen molar-refractivity contribution in [1.82, 2.24) is 0 Å². The molecule has 0 spiro atoms. The smallest absolute Gasteiger partial charge is 0.311 e. The molecule has 102 valence electrons. The lowest BCUT2D eigenvalue weighted by Gasteiger charge is -2.20. The van der Waals surface area contributed by atoms with Crippen LogP contribution < -0.4 is 10.2 Å². The number of halogens is 1. The summed E-state index contributed by atoms with van der Waals surface area (Å²) in [7, 11) is 3.14. The molecule has 0 aliphatic carbocycles. The standard InChI is InChI=1S/C13H15BrN2O3/c1-15-10-6-9(14)3-4-11(10)16-7-8(5-12(16)17)13(18)19-2/h3-4,6,8,15H,5,7H2,1-2H3. The fraction of sp³-hybridized carbons (Fsp3) is 0.385. The number of carbonyl (C=O) groups excluding carboxylic acids is 2. The van der Waals surface area contributed by atoms with E-state index in [0.717, 1.165) is 15.8 Å². The fourth-order valence-corrected chi connectivity index (χ4v) is 2.57. The number of nitrogens with zero attached hydrogens (tertiary/aromatic N) is 1. The van der Waals surface area contributed by atoms with Gasteiger partial charge in [0.2, 0.25) is 5.91 Å². The molecular formula is C13H15BrN2O3. The van der Waals surface area contributed by atoms with Crippen molar-refractivity contribution in [2.45, 2.75) is 6.42 Å². The van der Waals surface area contributed by atoms with E-state index >= 15 is 0 Å². The summed E-state index contributed by atoms with van der Waals surface area (Å²) in [6.45, 7) is 0.363. The molecular weight excluding hydrogens is 312 g/mol. The van der Waals surface area contributed by atoms with Crippen molar-refractivity contribution in [3.63, 3.8) is 0 Å². The van der Waals surface area contributed by atoms with Gasteiger partial charge in [0.05, 0.1) is 24.4 Å². The van der Waals surface area contributed by atoms with Crippen LogP contribution in [0.3, 0.4) is 0 Å². The summed E-state index contributed by atoms with van der Waals surface area (Å²) in [5.74, 6) is -0.779. The second-order valence-corrected chi connectivity index (χ2v) is 5.26. The first-order valence-corrected chi connectivity index (χ1v) is 6.71. The minimum Gasteiger partial charge on any atom is -0.469 e. The van der Waals surface area contributed by atoms with E-state index in [1.165, 1.54) is 7.11 Å². The first-order chi connectivity index (χ1) is 9.06. The maximum Gasteiger partial charge on any atom is 0.311 e. The molecule has 1 aliphatic heterocycles. The van der Waals surface area contributed by atoms with Gasteiger partial charge in [-0.25, -0.2) is 0 Å². The normalized spacial score (nSPS) is 18.6. The molecule has 1 fully saturated rings. The number of hydrogen-bond acceptors (Lipinski definition) is 4. The lowest BCUT2D eigenvalue weighted by atomic mass is 10.1. The van der Waals surface area contributed by atoms with E-state index in [1.54, 1.807) is 11.9 Å². The maximum absolute atomic E-state index is 12.0. The Hall–Kier alpha value is -1.56.